The van der Waals surface area contributed by atoms with Crippen LogP contribution in [0.15, 0.2) is 0 Å². The standard InChI is InChI=1S/C11H17NO4/c13-8(14)11(9(15)16)7-12-6-10(11)4-2-1-3-5-10/h12H,1-7H2,(H,13,14)(H,15,16). The van der Waals surface area contributed by atoms with Crippen LogP contribution in [0.4, 0.5) is 0 Å². The average molecular weight is 227 g/mol. The highest BCUT2D eigenvalue weighted by atomic mass is 16.4. The van der Waals surface area contributed by atoms with Gasteiger partial charge in [-0.3, -0.25) is 9.59 Å². The molecule has 1 saturated carbocycles. The fourth-order valence-electron chi connectivity index (χ4n) is 3.36. The second kappa shape index (κ2) is 3.73. The summed E-state index contributed by atoms with van der Waals surface area (Å²) in [6.07, 6.45) is 4.36. The topological polar surface area (TPSA) is 86.6 Å². The van der Waals surface area contributed by atoms with Gasteiger partial charge in [-0.15, -0.1) is 0 Å². The smallest absolute Gasteiger partial charge is 0.323 e. The predicted molar refractivity (Wildman–Crippen MR) is 56.1 cm³/mol. The molecule has 0 amide bonds. The van der Waals surface area contributed by atoms with Gasteiger partial charge in [0.25, 0.3) is 0 Å². The largest absolute Gasteiger partial charge is 0.480 e. The molecule has 1 saturated heterocycles. The molecular formula is C11H17NO4. The third-order valence-electron chi connectivity index (χ3n) is 4.30. The number of carboxylic acids is 2. The number of hydrogen-bond acceptors (Lipinski definition) is 3. The first-order valence-corrected chi connectivity index (χ1v) is 5.73. The number of carboxylic acid groups (broad SMARTS) is 2. The Kier molecular flexibility index (Phi) is 2.66. The molecular weight excluding hydrogens is 210 g/mol. The van der Waals surface area contributed by atoms with Crippen molar-refractivity contribution in [1.29, 1.82) is 0 Å². The Bertz CT molecular complexity index is 306. The monoisotopic (exact) mass is 227 g/mol. The van der Waals surface area contributed by atoms with Crippen LogP contribution in [0, 0.1) is 10.8 Å². The van der Waals surface area contributed by atoms with Crippen LogP contribution in [-0.4, -0.2) is 35.2 Å². The van der Waals surface area contributed by atoms with Gasteiger partial charge < -0.3 is 15.5 Å². The van der Waals surface area contributed by atoms with Crippen LogP contribution in [-0.2, 0) is 9.59 Å². The first-order valence-electron chi connectivity index (χ1n) is 5.73. The lowest BCUT2D eigenvalue weighted by Gasteiger charge is -2.42. The van der Waals surface area contributed by atoms with Gasteiger partial charge in [-0.25, -0.2) is 0 Å². The van der Waals surface area contributed by atoms with Gasteiger partial charge in [0.2, 0.25) is 0 Å². The maximum absolute atomic E-state index is 11.4. The van der Waals surface area contributed by atoms with Gasteiger partial charge in [-0.1, -0.05) is 19.3 Å². The fraction of sp³-hybridized carbons (Fsp3) is 0.818. The Morgan fingerprint density at radius 1 is 0.938 bits per heavy atom. The Balaban J connectivity index is 2.42. The summed E-state index contributed by atoms with van der Waals surface area (Å²) >= 11 is 0. The van der Waals surface area contributed by atoms with Crippen molar-refractivity contribution < 1.29 is 19.8 Å². The molecule has 0 atom stereocenters. The van der Waals surface area contributed by atoms with Crippen molar-refractivity contribution in [2.24, 2.45) is 10.8 Å². The minimum Gasteiger partial charge on any atom is -0.480 e. The van der Waals surface area contributed by atoms with Crippen LogP contribution in [0.1, 0.15) is 32.1 Å². The van der Waals surface area contributed by atoms with E-state index in [1.807, 2.05) is 0 Å². The van der Waals surface area contributed by atoms with Crippen LogP contribution in [0.5, 0.6) is 0 Å². The molecule has 3 N–H and O–H groups in total. The Labute approximate surface area is 93.8 Å². The maximum Gasteiger partial charge on any atom is 0.323 e. The molecule has 1 aliphatic heterocycles. The summed E-state index contributed by atoms with van der Waals surface area (Å²) in [6, 6.07) is 0. The zero-order valence-corrected chi connectivity index (χ0v) is 9.16. The summed E-state index contributed by atoms with van der Waals surface area (Å²) in [5, 5.41) is 21.6. The van der Waals surface area contributed by atoms with E-state index in [1.165, 1.54) is 0 Å². The number of aliphatic carboxylic acids is 2. The van der Waals surface area contributed by atoms with Gasteiger partial charge in [0.05, 0.1) is 0 Å². The minimum absolute atomic E-state index is 0.0532. The number of nitrogens with one attached hydrogen (secondary N) is 1. The van der Waals surface area contributed by atoms with Gasteiger partial charge in [0.15, 0.2) is 5.41 Å². The van der Waals surface area contributed by atoms with Crippen LogP contribution < -0.4 is 5.32 Å². The molecule has 1 heterocycles. The molecule has 0 radical (unpaired) electrons. The van der Waals surface area contributed by atoms with Crippen LogP contribution in [0.25, 0.3) is 0 Å². The van der Waals surface area contributed by atoms with E-state index in [0.29, 0.717) is 19.4 Å². The minimum atomic E-state index is -1.62. The molecule has 2 aliphatic rings. The molecule has 5 heteroatoms. The molecule has 0 unspecified atom stereocenters. The summed E-state index contributed by atoms with van der Waals surface area (Å²) in [6.45, 7) is 0.573. The molecule has 0 aromatic rings. The van der Waals surface area contributed by atoms with Crippen LogP contribution in [0.3, 0.4) is 0 Å². The fourth-order valence-corrected chi connectivity index (χ4v) is 3.36. The van der Waals surface area contributed by atoms with E-state index in [-0.39, 0.29) is 6.54 Å². The first kappa shape index (κ1) is 11.4. The molecule has 1 aliphatic carbocycles. The van der Waals surface area contributed by atoms with Crippen molar-refractivity contribution >= 4 is 11.9 Å². The molecule has 0 bridgehead atoms. The van der Waals surface area contributed by atoms with E-state index in [4.69, 9.17) is 0 Å². The lowest BCUT2D eigenvalue weighted by atomic mass is 9.59. The summed E-state index contributed by atoms with van der Waals surface area (Å²) in [5.74, 6) is -2.38. The zero-order chi connectivity index (χ0) is 11.8. The number of rotatable bonds is 2. The molecule has 0 aromatic carbocycles. The Hall–Kier alpha value is -1.10. The molecule has 0 aromatic heterocycles. The second-order valence-corrected chi connectivity index (χ2v) is 4.96. The molecule has 5 nitrogen and oxygen atoms in total. The second-order valence-electron chi connectivity index (χ2n) is 4.96. The quantitative estimate of drug-likeness (QED) is 0.604. The van der Waals surface area contributed by atoms with Gasteiger partial charge in [-0.05, 0) is 12.8 Å². The highest BCUT2D eigenvalue weighted by Crippen LogP contribution is 2.52. The van der Waals surface area contributed by atoms with Gasteiger partial charge >= 0.3 is 11.9 Å². The summed E-state index contributed by atoms with van der Waals surface area (Å²) < 4.78 is 0. The lowest BCUT2D eigenvalue weighted by molar-refractivity contribution is -0.173. The van der Waals surface area contributed by atoms with E-state index in [2.05, 4.69) is 5.32 Å². The Morgan fingerprint density at radius 2 is 1.50 bits per heavy atom. The maximum atomic E-state index is 11.4. The SMILES string of the molecule is O=C(O)C1(C(=O)O)CNCC12CCCCC2. The van der Waals surface area contributed by atoms with E-state index in [9.17, 15) is 19.8 Å². The van der Waals surface area contributed by atoms with Crippen LogP contribution >= 0.6 is 0 Å². The highest BCUT2D eigenvalue weighted by molar-refractivity contribution is 6.00. The van der Waals surface area contributed by atoms with Gasteiger partial charge in [0.1, 0.15) is 0 Å². The van der Waals surface area contributed by atoms with Crippen molar-refractivity contribution in [2.75, 3.05) is 13.1 Å². The van der Waals surface area contributed by atoms with Crippen molar-refractivity contribution in [3.63, 3.8) is 0 Å². The third-order valence-corrected chi connectivity index (χ3v) is 4.30. The number of hydrogen-bond donors (Lipinski definition) is 3. The molecule has 2 rings (SSSR count). The summed E-state index contributed by atoms with van der Waals surface area (Å²) in [4.78, 5) is 22.8. The van der Waals surface area contributed by atoms with E-state index < -0.39 is 22.8 Å². The zero-order valence-electron chi connectivity index (χ0n) is 9.16. The molecule has 16 heavy (non-hydrogen) atoms. The van der Waals surface area contributed by atoms with Crippen LogP contribution in [0.2, 0.25) is 0 Å². The van der Waals surface area contributed by atoms with Gasteiger partial charge in [-0.2, -0.15) is 0 Å². The lowest BCUT2D eigenvalue weighted by Crippen LogP contribution is -2.53. The average Bonchev–Trinajstić information content (AvgIpc) is 2.59. The van der Waals surface area contributed by atoms with E-state index in [0.717, 1.165) is 19.3 Å². The van der Waals surface area contributed by atoms with Crippen molar-refractivity contribution in [3.8, 4) is 0 Å². The molecule has 90 valence electrons. The first-order chi connectivity index (χ1) is 7.55. The highest BCUT2D eigenvalue weighted by Gasteiger charge is 2.64. The Morgan fingerprint density at radius 3 is 2.00 bits per heavy atom. The molecule has 2 fully saturated rings. The third kappa shape index (κ3) is 1.27. The molecule has 1 spiro atoms. The predicted octanol–water partition coefficient (Wildman–Crippen LogP) is 0.696. The normalized spacial score (nSPS) is 26.8. The van der Waals surface area contributed by atoms with Gasteiger partial charge in [0, 0.05) is 18.5 Å². The van der Waals surface area contributed by atoms with Crippen molar-refractivity contribution in [2.45, 2.75) is 32.1 Å². The van der Waals surface area contributed by atoms with E-state index >= 15 is 0 Å². The number of carbonyl (C=O) groups is 2. The van der Waals surface area contributed by atoms with Crippen molar-refractivity contribution in [3.05, 3.63) is 0 Å². The van der Waals surface area contributed by atoms with Crippen molar-refractivity contribution in [1.82, 2.24) is 5.32 Å². The summed E-state index contributed by atoms with van der Waals surface area (Å²) in [7, 11) is 0. The summed E-state index contributed by atoms with van der Waals surface area (Å²) in [5.41, 5.74) is -2.20. The van der Waals surface area contributed by atoms with E-state index in [1.54, 1.807) is 0 Å².